The lowest BCUT2D eigenvalue weighted by molar-refractivity contribution is 0.143. The smallest absolute Gasteiger partial charge is 0.191 e. The highest BCUT2D eigenvalue weighted by Crippen LogP contribution is 2.22. The number of hydrogen-bond acceptors (Lipinski definition) is 3. The Hall–Kier alpha value is -0.810. The zero-order valence-corrected chi connectivity index (χ0v) is 16.4. The van der Waals surface area contributed by atoms with Gasteiger partial charge in [0, 0.05) is 39.4 Å². The molecule has 142 valence electrons. The molecule has 0 aliphatic carbocycles. The first kappa shape index (κ1) is 21.2. The van der Waals surface area contributed by atoms with Gasteiger partial charge in [-0.3, -0.25) is 9.89 Å². The van der Waals surface area contributed by atoms with E-state index < -0.39 is 0 Å². The summed E-state index contributed by atoms with van der Waals surface area (Å²) in [6.45, 7) is 12.8. The molecule has 2 N–H and O–H groups in total. The summed E-state index contributed by atoms with van der Waals surface area (Å²) in [5.41, 5.74) is 0. The maximum atomic E-state index is 5.37. The second-order valence-electron chi connectivity index (χ2n) is 6.67. The molecule has 0 radical (unpaired) electrons. The fourth-order valence-electron chi connectivity index (χ4n) is 3.60. The van der Waals surface area contributed by atoms with Crippen LogP contribution in [-0.2, 0) is 4.74 Å². The van der Waals surface area contributed by atoms with Crippen molar-refractivity contribution in [3.8, 4) is 0 Å². The van der Waals surface area contributed by atoms with Crippen molar-refractivity contribution < 1.29 is 4.74 Å². The molecular weight excluding hydrogens is 300 g/mol. The largest absolute Gasteiger partial charge is 0.382 e. The number of hydrogen-bond donors (Lipinski definition) is 2. The Labute approximate surface area is 149 Å². The van der Waals surface area contributed by atoms with Crippen molar-refractivity contribution in [1.29, 1.82) is 0 Å². The Morgan fingerprint density at radius 2 is 1.79 bits per heavy atom. The van der Waals surface area contributed by atoms with Crippen molar-refractivity contribution in [3.05, 3.63) is 0 Å². The first-order valence-electron chi connectivity index (χ1n) is 10.0. The molecule has 0 aromatic heterocycles. The molecule has 0 amide bonds. The Kier molecular flexibility index (Phi) is 11.9. The number of nitrogens with zero attached hydrogens (tertiary/aromatic N) is 2. The number of rotatable bonds is 12. The summed E-state index contributed by atoms with van der Waals surface area (Å²) in [6, 6.07) is 0.624. The predicted molar refractivity (Wildman–Crippen MR) is 104 cm³/mol. The molecule has 0 aromatic carbocycles. The van der Waals surface area contributed by atoms with Gasteiger partial charge in [-0.15, -0.1) is 0 Å². The number of ether oxygens (including phenoxy) is 1. The summed E-state index contributed by atoms with van der Waals surface area (Å²) in [4.78, 5) is 7.06. The molecular formula is C19H40N4O. The molecule has 1 heterocycles. The van der Waals surface area contributed by atoms with Gasteiger partial charge in [0.05, 0.1) is 0 Å². The Morgan fingerprint density at radius 1 is 1.08 bits per heavy atom. The molecule has 24 heavy (non-hydrogen) atoms. The highest BCUT2D eigenvalue weighted by atomic mass is 16.5. The van der Waals surface area contributed by atoms with E-state index in [0.717, 1.165) is 51.0 Å². The van der Waals surface area contributed by atoms with E-state index in [4.69, 9.17) is 4.74 Å². The Bertz CT molecular complexity index is 323. The van der Waals surface area contributed by atoms with Crippen LogP contribution in [0.4, 0.5) is 0 Å². The minimum Gasteiger partial charge on any atom is -0.382 e. The second kappa shape index (κ2) is 13.5. The first-order valence-corrected chi connectivity index (χ1v) is 10.0. The van der Waals surface area contributed by atoms with Gasteiger partial charge in [0.25, 0.3) is 0 Å². The quantitative estimate of drug-likeness (QED) is 0.326. The molecule has 0 saturated carbocycles. The average molecular weight is 341 g/mol. The van der Waals surface area contributed by atoms with Gasteiger partial charge in [0.15, 0.2) is 5.96 Å². The SMILES string of the molecule is CCOCCCCNC(=NC)NCC(C(CC)CC)N1CCCC1. The summed E-state index contributed by atoms with van der Waals surface area (Å²) in [5, 5.41) is 7.00. The van der Waals surface area contributed by atoms with E-state index in [1.165, 1.54) is 38.8 Å². The second-order valence-corrected chi connectivity index (χ2v) is 6.67. The molecule has 1 aliphatic heterocycles. The molecule has 1 atom stereocenters. The van der Waals surface area contributed by atoms with Gasteiger partial charge in [-0.1, -0.05) is 26.7 Å². The first-order chi connectivity index (χ1) is 11.8. The number of likely N-dealkylation sites (tertiary alicyclic amines) is 1. The van der Waals surface area contributed by atoms with Gasteiger partial charge in [-0.05, 0) is 51.6 Å². The van der Waals surface area contributed by atoms with Crippen LogP contribution in [0.1, 0.15) is 59.3 Å². The van der Waals surface area contributed by atoms with Gasteiger partial charge in [-0.25, -0.2) is 0 Å². The zero-order valence-electron chi connectivity index (χ0n) is 16.4. The van der Waals surface area contributed by atoms with E-state index in [2.05, 4.69) is 34.4 Å². The highest BCUT2D eigenvalue weighted by Gasteiger charge is 2.27. The van der Waals surface area contributed by atoms with Gasteiger partial charge in [-0.2, -0.15) is 0 Å². The lowest BCUT2D eigenvalue weighted by Crippen LogP contribution is -2.49. The number of unbranched alkanes of at least 4 members (excludes halogenated alkanes) is 1. The van der Waals surface area contributed by atoms with Crippen molar-refractivity contribution in [2.24, 2.45) is 10.9 Å². The molecule has 5 heteroatoms. The summed E-state index contributed by atoms with van der Waals surface area (Å²) >= 11 is 0. The van der Waals surface area contributed by atoms with E-state index in [-0.39, 0.29) is 0 Å². The minimum atomic E-state index is 0.624. The van der Waals surface area contributed by atoms with Gasteiger partial charge < -0.3 is 15.4 Å². The summed E-state index contributed by atoms with van der Waals surface area (Å²) in [6.07, 6.45) is 7.42. The maximum absolute atomic E-state index is 5.37. The summed E-state index contributed by atoms with van der Waals surface area (Å²) in [7, 11) is 1.86. The number of nitrogens with one attached hydrogen (secondary N) is 2. The molecule has 0 spiro atoms. The maximum Gasteiger partial charge on any atom is 0.191 e. The van der Waals surface area contributed by atoms with Gasteiger partial charge >= 0.3 is 0 Å². The zero-order chi connectivity index (χ0) is 17.6. The molecule has 1 saturated heterocycles. The van der Waals surface area contributed by atoms with E-state index >= 15 is 0 Å². The minimum absolute atomic E-state index is 0.624. The van der Waals surface area contributed by atoms with Crippen LogP contribution in [-0.4, -0.2) is 63.3 Å². The van der Waals surface area contributed by atoms with Gasteiger partial charge in [0.1, 0.15) is 0 Å². The lowest BCUT2D eigenvalue weighted by Gasteiger charge is -2.34. The van der Waals surface area contributed by atoms with E-state index in [1.807, 2.05) is 14.0 Å². The Balaban J connectivity index is 2.36. The van der Waals surface area contributed by atoms with E-state index in [9.17, 15) is 0 Å². The number of aliphatic imine (C=N–C) groups is 1. The van der Waals surface area contributed by atoms with E-state index in [0.29, 0.717) is 6.04 Å². The predicted octanol–water partition coefficient (Wildman–Crippen LogP) is 2.87. The van der Waals surface area contributed by atoms with Crippen LogP contribution in [0.5, 0.6) is 0 Å². The normalized spacial score (nSPS) is 17.5. The standard InChI is InChI=1S/C19H40N4O/c1-5-17(6-2)18(23-13-9-10-14-23)16-22-19(20-4)21-12-8-11-15-24-7-3/h17-18H,5-16H2,1-4H3,(H2,20,21,22). The van der Waals surface area contributed by atoms with Gasteiger partial charge in [0.2, 0.25) is 0 Å². The van der Waals surface area contributed by atoms with Crippen molar-refractivity contribution in [3.63, 3.8) is 0 Å². The van der Waals surface area contributed by atoms with Crippen LogP contribution in [0.15, 0.2) is 4.99 Å². The fraction of sp³-hybridized carbons (Fsp3) is 0.947. The van der Waals surface area contributed by atoms with Crippen LogP contribution >= 0.6 is 0 Å². The molecule has 1 fully saturated rings. The average Bonchev–Trinajstić information content (AvgIpc) is 3.13. The van der Waals surface area contributed by atoms with Crippen LogP contribution < -0.4 is 10.6 Å². The van der Waals surface area contributed by atoms with Crippen molar-refractivity contribution in [2.75, 3.05) is 46.4 Å². The lowest BCUT2D eigenvalue weighted by atomic mass is 9.93. The van der Waals surface area contributed by atoms with Crippen LogP contribution in [0.2, 0.25) is 0 Å². The van der Waals surface area contributed by atoms with Crippen LogP contribution in [0, 0.1) is 5.92 Å². The monoisotopic (exact) mass is 340 g/mol. The van der Waals surface area contributed by atoms with Crippen LogP contribution in [0.25, 0.3) is 0 Å². The van der Waals surface area contributed by atoms with Crippen molar-refractivity contribution in [2.45, 2.75) is 65.3 Å². The molecule has 1 rings (SSSR count). The topological polar surface area (TPSA) is 48.9 Å². The molecule has 0 aromatic rings. The van der Waals surface area contributed by atoms with Crippen molar-refractivity contribution in [1.82, 2.24) is 15.5 Å². The molecule has 1 unspecified atom stereocenters. The van der Waals surface area contributed by atoms with Crippen molar-refractivity contribution >= 4 is 5.96 Å². The summed E-state index contributed by atoms with van der Waals surface area (Å²) < 4.78 is 5.37. The summed E-state index contributed by atoms with van der Waals surface area (Å²) in [5.74, 6) is 1.70. The third kappa shape index (κ3) is 7.84. The molecule has 1 aliphatic rings. The molecule has 5 nitrogen and oxygen atoms in total. The van der Waals surface area contributed by atoms with Crippen LogP contribution in [0.3, 0.4) is 0 Å². The fourth-order valence-corrected chi connectivity index (χ4v) is 3.60. The Morgan fingerprint density at radius 3 is 2.38 bits per heavy atom. The molecule has 0 bridgehead atoms. The third-order valence-electron chi connectivity index (χ3n) is 5.12. The number of guanidine groups is 1. The third-order valence-corrected chi connectivity index (χ3v) is 5.12. The highest BCUT2D eigenvalue weighted by molar-refractivity contribution is 5.79. The van der Waals surface area contributed by atoms with E-state index in [1.54, 1.807) is 0 Å².